The number of hydrogen-bond acceptors (Lipinski definition) is 4. The lowest BCUT2D eigenvalue weighted by atomic mass is 9.82. The zero-order valence-corrected chi connectivity index (χ0v) is 11.0. The van der Waals surface area contributed by atoms with Gasteiger partial charge in [0.05, 0.1) is 0 Å². The van der Waals surface area contributed by atoms with E-state index in [1.54, 1.807) is 0 Å². The molecule has 5 nitrogen and oxygen atoms in total. The topological polar surface area (TPSA) is 78.8 Å². The molecule has 104 valence electrons. The first-order valence-electron chi connectivity index (χ1n) is 6.39. The highest BCUT2D eigenvalue weighted by Gasteiger charge is 2.28. The van der Waals surface area contributed by atoms with Crippen molar-refractivity contribution in [2.75, 3.05) is 19.8 Å². The van der Waals surface area contributed by atoms with Crippen LogP contribution in [0, 0.1) is 5.41 Å². The summed E-state index contributed by atoms with van der Waals surface area (Å²) in [6.07, 6.45) is 1.78. The van der Waals surface area contributed by atoms with E-state index in [-0.39, 0.29) is 22.5 Å². The zero-order valence-electron chi connectivity index (χ0n) is 11.0. The summed E-state index contributed by atoms with van der Waals surface area (Å²) in [4.78, 5) is 12.0. The summed E-state index contributed by atoms with van der Waals surface area (Å²) in [6, 6.07) is 4.25. The number of carbonyl (C=O) groups excluding carboxylic acids is 1. The molecule has 1 aliphatic heterocycles. The molecule has 1 aromatic rings. The van der Waals surface area contributed by atoms with E-state index in [4.69, 9.17) is 4.74 Å². The van der Waals surface area contributed by atoms with Crippen molar-refractivity contribution in [2.45, 2.75) is 19.8 Å². The Morgan fingerprint density at radius 2 is 1.89 bits per heavy atom. The van der Waals surface area contributed by atoms with Gasteiger partial charge in [0.15, 0.2) is 0 Å². The van der Waals surface area contributed by atoms with Crippen LogP contribution in [-0.4, -0.2) is 35.9 Å². The Morgan fingerprint density at radius 1 is 1.32 bits per heavy atom. The number of carbonyl (C=O) groups is 1. The van der Waals surface area contributed by atoms with E-state index in [1.165, 1.54) is 18.2 Å². The summed E-state index contributed by atoms with van der Waals surface area (Å²) in [7, 11) is 0. The van der Waals surface area contributed by atoms with E-state index in [0.29, 0.717) is 19.8 Å². The minimum Gasteiger partial charge on any atom is -0.507 e. The fourth-order valence-electron chi connectivity index (χ4n) is 2.18. The molecule has 0 radical (unpaired) electrons. The maximum absolute atomic E-state index is 12.0. The van der Waals surface area contributed by atoms with Gasteiger partial charge in [0.2, 0.25) is 0 Å². The van der Waals surface area contributed by atoms with Gasteiger partial charge in [-0.2, -0.15) is 0 Å². The van der Waals surface area contributed by atoms with Gasteiger partial charge in [-0.15, -0.1) is 0 Å². The highest BCUT2D eigenvalue weighted by Crippen LogP contribution is 2.30. The van der Waals surface area contributed by atoms with Crippen LogP contribution in [0.5, 0.6) is 11.5 Å². The molecule has 0 saturated carbocycles. The normalized spacial score (nSPS) is 17.9. The number of benzene rings is 1. The Balaban J connectivity index is 2.01. The lowest BCUT2D eigenvalue weighted by Gasteiger charge is -2.33. The molecule has 1 saturated heterocycles. The van der Waals surface area contributed by atoms with Crippen molar-refractivity contribution in [3.05, 3.63) is 23.8 Å². The second-order valence-corrected chi connectivity index (χ2v) is 5.28. The Kier molecular flexibility index (Phi) is 3.95. The average Bonchev–Trinajstić information content (AvgIpc) is 2.37. The van der Waals surface area contributed by atoms with Crippen molar-refractivity contribution < 1.29 is 19.7 Å². The highest BCUT2D eigenvalue weighted by atomic mass is 16.5. The predicted octanol–water partition coefficient (Wildman–Crippen LogP) is 1.64. The first-order valence-corrected chi connectivity index (χ1v) is 6.39. The fraction of sp³-hybridized carbons (Fsp3) is 0.500. The molecule has 1 aromatic carbocycles. The Labute approximate surface area is 112 Å². The lowest BCUT2D eigenvalue weighted by Crippen LogP contribution is -2.39. The van der Waals surface area contributed by atoms with Crippen molar-refractivity contribution in [3.63, 3.8) is 0 Å². The molecular formula is C14H19NO4. The third-order valence-electron chi connectivity index (χ3n) is 3.62. The number of rotatable bonds is 3. The van der Waals surface area contributed by atoms with Crippen molar-refractivity contribution in [1.29, 1.82) is 0 Å². The summed E-state index contributed by atoms with van der Waals surface area (Å²) < 4.78 is 5.30. The number of ether oxygens (including phenoxy) is 1. The SMILES string of the molecule is CC1(CNC(=O)c2c(O)cccc2O)CCOCC1. The monoisotopic (exact) mass is 265 g/mol. The third kappa shape index (κ3) is 3.17. The van der Waals surface area contributed by atoms with Gasteiger partial charge >= 0.3 is 0 Å². The van der Waals surface area contributed by atoms with Crippen LogP contribution >= 0.6 is 0 Å². The van der Waals surface area contributed by atoms with Crippen LogP contribution in [0.3, 0.4) is 0 Å². The molecule has 0 aliphatic carbocycles. The molecule has 0 bridgehead atoms. The van der Waals surface area contributed by atoms with Crippen LogP contribution in [0.15, 0.2) is 18.2 Å². The number of aromatic hydroxyl groups is 2. The first-order chi connectivity index (χ1) is 9.02. The predicted molar refractivity (Wildman–Crippen MR) is 70.3 cm³/mol. The maximum atomic E-state index is 12.0. The van der Waals surface area contributed by atoms with Gasteiger partial charge in [-0.3, -0.25) is 4.79 Å². The second-order valence-electron chi connectivity index (χ2n) is 5.28. The van der Waals surface area contributed by atoms with E-state index in [2.05, 4.69) is 12.2 Å². The third-order valence-corrected chi connectivity index (χ3v) is 3.62. The van der Waals surface area contributed by atoms with Gasteiger partial charge < -0.3 is 20.3 Å². The number of nitrogens with one attached hydrogen (secondary N) is 1. The number of phenols is 2. The summed E-state index contributed by atoms with van der Waals surface area (Å²) in [5.41, 5.74) is -0.0633. The smallest absolute Gasteiger partial charge is 0.258 e. The zero-order chi connectivity index (χ0) is 13.9. The van der Waals surface area contributed by atoms with Gasteiger partial charge in [0.1, 0.15) is 17.1 Å². The Hall–Kier alpha value is -1.75. The summed E-state index contributed by atoms with van der Waals surface area (Å²) in [6.45, 7) is 4.01. The van der Waals surface area contributed by atoms with E-state index >= 15 is 0 Å². The van der Waals surface area contributed by atoms with Gasteiger partial charge in [-0.25, -0.2) is 0 Å². The van der Waals surface area contributed by atoms with Crippen LogP contribution in [0.1, 0.15) is 30.1 Å². The molecule has 5 heteroatoms. The maximum Gasteiger partial charge on any atom is 0.258 e. The number of phenolic OH excluding ortho intramolecular Hbond substituents is 2. The quantitative estimate of drug-likeness (QED) is 0.776. The van der Waals surface area contributed by atoms with Gasteiger partial charge in [0.25, 0.3) is 5.91 Å². The Morgan fingerprint density at radius 3 is 2.47 bits per heavy atom. The molecule has 19 heavy (non-hydrogen) atoms. The molecule has 2 rings (SSSR count). The number of amides is 1. The van der Waals surface area contributed by atoms with E-state index in [0.717, 1.165) is 12.8 Å². The van der Waals surface area contributed by atoms with Crippen molar-refractivity contribution in [2.24, 2.45) is 5.41 Å². The molecule has 0 atom stereocenters. The van der Waals surface area contributed by atoms with Crippen LogP contribution in [0.2, 0.25) is 0 Å². The summed E-state index contributed by atoms with van der Waals surface area (Å²) >= 11 is 0. The van der Waals surface area contributed by atoms with E-state index < -0.39 is 5.91 Å². The van der Waals surface area contributed by atoms with Crippen molar-refractivity contribution >= 4 is 5.91 Å². The van der Waals surface area contributed by atoms with Gasteiger partial charge in [0, 0.05) is 19.8 Å². The number of hydrogen-bond donors (Lipinski definition) is 3. The molecule has 1 aliphatic rings. The molecular weight excluding hydrogens is 246 g/mol. The Bertz CT molecular complexity index is 446. The van der Waals surface area contributed by atoms with Crippen LogP contribution in [0.25, 0.3) is 0 Å². The van der Waals surface area contributed by atoms with Crippen LogP contribution in [0.4, 0.5) is 0 Å². The standard InChI is InChI=1S/C14H19NO4/c1-14(5-7-19-8-6-14)9-15-13(18)12-10(16)3-2-4-11(12)17/h2-4,16-17H,5-9H2,1H3,(H,15,18). The van der Waals surface area contributed by atoms with Crippen molar-refractivity contribution in [1.82, 2.24) is 5.32 Å². The van der Waals surface area contributed by atoms with Crippen LogP contribution < -0.4 is 5.32 Å². The molecule has 3 N–H and O–H groups in total. The van der Waals surface area contributed by atoms with Crippen LogP contribution in [-0.2, 0) is 4.74 Å². The highest BCUT2D eigenvalue weighted by molar-refractivity contribution is 5.99. The molecule has 0 aromatic heterocycles. The van der Waals surface area contributed by atoms with E-state index in [1.807, 2.05) is 0 Å². The minimum absolute atomic E-state index is 0.00787. The molecule has 0 unspecified atom stereocenters. The first kappa shape index (κ1) is 13.7. The average molecular weight is 265 g/mol. The largest absolute Gasteiger partial charge is 0.507 e. The molecule has 1 fully saturated rings. The molecule has 0 spiro atoms. The summed E-state index contributed by atoms with van der Waals surface area (Å²) in [5.74, 6) is -0.882. The molecule has 1 amide bonds. The van der Waals surface area contributed by atoms with Crippen molar-refractivity contribution in [3.8, 4) is 11.5 Å². The van der Waals surface area contributed by atoms with E-state index in [9.17, 15) is 15.0 Å². The minimum atomic E-state index is -0.455. The van der Waals surface area contributed by atoms with Gasteiger partial charge in [-0.05, 0) is 30.4 Å². The summed E-state index contributed by atoms with van der Waals surface area (Å²) in [5, 5.41) is 22.0. The second kappa shape index (κ2) is 5.48. The fourth-order valence-corrected chi connectivity index (χ4v) is 2.18. The molecule has 1 heterocycles. The lowest BCUT2D eigenvalue weighted by molar-refractivity contribution is 0.0238. The van der Waals surface area contributed by atoms with Gasteiger partial charge in [-0.1, -0.05) is 13.0 Å².